The van der Waals surface area contributed by atoms with Crippen LogP contribution in [0.5, 0.6) is 0 Å². The first-order valence-electron chi connectivity index (χ1n) is 3.30. The highest BCUT2D eigenvalue weighted by atomic mass is 35.5. The topological polar surface area (TPSA) is 20.2 Å². The van der Waals surface area contributed by atoms with Crippen LogP contribution in [0.4, 0.5) is 0 Å². The molecule has 1 nitrogen and oxygen atoms in total. The second-order valence-electron chi connectivity index (χ2n) is 2.23. The number of benzene rings is 1. The third kappa shape index (κ3) is 2.07. The highest BCUT2D eigenvalue weighted by Crippen LogP contribution is 2.16. The lowest BCUT2D eigenvalue weighted by Crippen LogP contribution is -1.90. The van der Waals surface area contributed by atoms with Crippen LogP contribution in [0.3, 0.4) is 0 Å². The molecule has 0 aromatic heterocycles. The number of halogens is 1. The van der Waals surface area contributed by atoms with Gasteiger partial charge < -0.3 is 5.11 Å². The van der Waals surface area contributed by atoms with Crippen LogP contribution in [-0.2, 0) is 0 Å². The van der Waals surface area contributed by atoms with E-state index < -0.39 is 6.10 Å². The molecule has 1 aromatic carbocycles. The summed E-state index contributed by atoms with van der Waals surface area (Å²) in [4.78, 5) is 0. The molecule has 1 rings (SSSR count). The van der Waals surface area contributed by atoms with E-state index in [0.717, 1.165) is 5.56 Å². The minimum Gasteiger partial charge on any atom is -0.384 e. The van der Waals surface area contributed by atoms with Crippen LogP contribution in [0.25, 0.3) is 0 Å². The standard InChI is InChI=1S/C9H9ClO/c1-2-9(11)7-3-5-8(10)6-4-7/h2-6,9,11H,1H2/t9-/m0/s1. The molecule has 0 fully saturated rings. The van der Waals surface area contributed by atoms with Gasteiger partial charge in [-0.15, -0.1) is 6.58 Å². The summed E-state index contributed by atoms with van der Waals surface area (Å²) in [5.74, 6) is 0. The van der Waals surface area contributed by atoms with Crippen LogP contribution in [0.1, 0.15) is 11.7 Å². The molecule has 0 bridgehead atoms. The van der Waals surface area contributed by atoms with Crippen molar-refractivity contribution in [1.29, 1.82) is 0 Å². The third-order valence-corrected chi connectivity index (χ3v) is 1.69. The quantitative estimate of drug-likeness (QED) is 0.673. The van der Waals surface area contributed by atoms with E-state index in [-0.39, 0.29) is 0 Å². The van der Waals surface area contributed by atoms with Gasteiger partial charge in [-0.2, -0.15) is 0 Å². The van der Waals surface area contributed by atoms with Crippen molar-refractivity contribution in [1.82, 2.24) is 0 Å². The van der Waals surface area contributed by atoms with Crippen molar-refractivity contribution in [3.8, 4) is 0 Å². The molecule has 11 heavy (non-hydrogen) atoms. The molecule has 0 aliphatic carbocycles. The lowest BCUT2D eigenvalue weighted by molar-refractivity contribution is 0.229. The summed E-state index contributed by atoms with van der Waals surface area (Å²) in [5.41, 5.74) is 0.810. The van der Waals surface area contributed by atoms with E-state index in [1.54, 1.807) is 24.3 Å². The normalized spacial score (nSPS) is 12.5. The molecule has 0 aliphatic rings. The van der Waals surface area contributed by atoms with Crippen LogP contribution in [0.2, 0.25) is 5.02 Å². The molecule has 0 heterocycles. The maximum absolute atomic E-state index is 9.26. The van der Waals surface area contributed by atoms with Gasteiger partial charge in [-0.3, -0.25) is 0 Å². The van der Waals surface area contributed by atoms with Crippen LogP contribution >= 0.6 is 11.6 Å². The zero-order valence-electron chi connectivity index (χ0n) is 6.00. The van der Waals surface area contributed by atoms with Gasteiger partial charge in [0.2, 0.25) is 0 Å². The number of rotatable bonds is 2. The van der Waals surface area contributed by atoms with Crippen molar-refractivity contribution in [2.45, 2.75) is 6.10 Å². The minimum atomic E-state index is -0.590. The Morgan fingerprint density at radius 3 is 2.36 bits per heavy atom. The largest absolute Gasteiger partial charge is 0.384 e. The number of aliphatic hydroxyl groups excluding tert-OH is 1. The van der Waals surface area contributed by atoms with Crippen molar-refractivity contribution in [2.24, 2.45) is 0 Å². The second kappa shape index (κ2) is 3.56. The maximum Gasteiger partial charge on any atom is 0.0969 e. The minimum absolute atomic E-state index is 0.590. The summed E-state index contributed by atoms with van der Waals surface area (Å²) < 4.78 is 0. The molecule has 0 amide bonds. The Labute approximate surface area is 70.9 Å². The Morgan fingerprint density at radius 1 is 1.36 bits per heavy atom. The summed E-state index contributed by atoms with van der Waals surface area (Å²) in [6, 6.07) is 7.02. The van der Waals surface area contributed by atoms with Crippen molar-refractivity contribution >= 4 is 11.6 Å². The van der Waals surface area contributed by atoms with Crippen molar-refractivity contribution in [2.75, 3.05) is 0 Å². The summed E-state index contributed by atoms with van der Waals surface area (Å²) in [6.45, 7) is 3.48. The zero-order valence-corrected chi connectivity index (χ0v) is 6.75. The highest BCUT2D eigenvalue weighted by molar-refractivity contribution is 6.30. The first kappa shape index (κ1) is 8.31. The molecular formula is C9H9ClO. The predicted molar refractivity (Wildman–Crippen MR) is 46.6 cm³/mol. The molecule has 0 saturated heterocycles. The van der Waals surface area contributed by atoms with E-state index in [0.29, 0.717) is 5.02 Å². The van der Waals surface area contributed by atoms with E-state index in [2.05, 4.69) is 6.58 Å². The molecule has 1 aromatic rings. The summed E-state index contributed by atoms with van der Waals surface area (Å²) in [7, 11) is 0. The van der Waals surface area contributed by atoms with Crippen LogP contribution in [0.15, 0.2) is 36.9 Å². The van der Waals surface area contributed by atoms with Gasteiger partial charge in [0.1, 0.15) is 0 Å². The molecule has 2 heteroatoms. The monoisotopic (exact) mass is 168 g/mol. The lowest BCUT2D eigenvalue weighted by atomic mass is 10.1. The molecule has 1 atom stereocenters. The van der Waals surface area contributed by atoms with Gasteiger partial charge in [-0.1, -0.05) is 29.8 Å². The van der Waals surface area contributed by atoms with E-state index in [1.807, 2.05) is 0 Å². The van der Waals surface area contributed by atoms with Crippen molar-refractivity contribution in [3.63, 3.8) is 0 Å². The van der Waals surface area contributed by atoms with Crippen molar-refractivity contribution < 1.29 is 5.11 Å². The fourth-order valence-electron chi connectivity index (χ4n) is 0.796. The average molecular weight is 169 g/mol. The van der Waals surface area contributed by atoms with Crippen molar-refractivity contribution in [3.05, 3.63) is 47.5 Å². The maximum atomic E-state index is 9.26. The van der Waals surface area contributed by atoms with Crippen LogP contribution in [-0.4, -0.2) is 5.11 Å². The van der Waals surface area contributed by atoms with Gasteiger partial charge in [-0.25, -0.2) is 0 Å². The SMILES string of the molecule is C=C[C@H](O)c1ccc(Cl)cc1. The van der Waals surface area contributed by atoms with E-state index >= 15 is 0 Å². The first-order chi connectivity index (χ1) is 5.24. The smallest absolute Gasteiger partial charge is 0.0969 e. The van der Waals surface area contributed by atoms with E-state index in [4.69, 9.17) is 11.6 Å². The second-order valence-corrected chi connectivity index (χ2v) is 2.67. The molecule has 0 radical (unpaired) electrons. The number of hydrogen-bond acceptors (Lipinski definition) is 1. The third-order valence-electron chi connectivity index (χ3n) is 1.43. The van der Waals surface area contributed by atoms with Gasteiger partial charge in [0.25, 0.3) is 0 Å². The van der Waals surface area contributed by atoms with Crippen LogP contribution < -0.4 is 0 Å². The average Bonchev–Trinajstić information content (AvgIpc) is 2.05. The summed E-state index contributed by atoms with van der Waals surface area (Å²) in [6.07, 6.45) is 0.885. The van der Waals surface area contributed by atoms with Gasteiger partial charge in [-0.05, 0) is 17.7 Å². The number of aliphatic hydroxyl groups is 1. The predicted octanol–water partition coefficient (Wildman–Crippen LogP) is 2.56. The van der Waals surface area contributed by atoms with Gasteiger partial charge in [0, 0.05) is 5.02 Å². The highest BCUT2D eigenvalue weighted by Gasteiger charge is 2.00. The van der Waals surface area contributed by atoms with Crippen LogP contribution in [0, 0.1) is 0 Å². The molecule has 0 spiro atoms. The molecule has 58 valence electrons. The van der Waals surface area contributed by atoms with Gasteiger partial charge in [0.15, 0.2) is 0 Å². The Morgan fingerprint density at radius 2 is 1.91 bits per heavy atom. The molecule has 0 aliphatic heterocycles. The van der Waals surface area contributed by atoms with E-state index in [1.165, 1.54) is 6.08 Å². The fourth-order valence-corrected chi connectivity index (χ4v) is 0.922. The first-order valence-corrected chi connectivity index (χ1v) is 3.68. The Kier molecular flexibility index (Phi) is 2.69. The summed E-state index contributed by atoms with van der Waals surface area (Å²) in [5, 5.41) is 9.93. The number of hydrogen-bond donors (Lipinski definition) is 1. The van der Waals surface area contributed by atoms with E-state index in [9.17, 15) is 5.11 Å². The Hall–Kier alpha value is -0.790. The fraction of sp³-hybridized carbons (Fsp3) is 0.111. The van der Waals surface area contributed by atoms with Gasteiger partial charge in [0.05, 0.1) is 6.10 Å². The zero-order chi connectivity index (χ0) is 8.27. The lowest BCUT2D eigenvalue weighted by Gasteiger charge is -2.03. The molecule has 0 unspecified atom stereocenters. The molecular weight excluding hydrogens is 160 g/mol. The molecule has 0 saturated carbocycles. The summed E-state index contributed by atoms with van der Waals surface area (Å²) >= 11 is 5.65. The Bertz CT molecular complexity index is 240. The van der Waals surface area contributed by atoms with Gasteiger partial charge >= 0.3 is 0 Å². The molecule has 1 N–H and O–H groups in total. The Balaban J connectivity index is 2.89.